The van der Waals surface area contributed by atoms with Gasteiger partial charge in [0.25, 0.3) is 0 Å². The van der Waals surface area contributed by atoms with E-state index in [4.69, 9.17) is 0 Å². The molecular formula is C10H8N2O3S. The van der Waals surface area contributed by atoms with Gasteiger partial charge in [0, 0.05) is 23.7 Å². The highest BCUT2D eigenvalue weighted by Crippen LogP contribution is 2.43. The largest absolute Gasteiger partial charge is 0.419 e. The molecule has 16 heavy (non-hydrogen) atoms. The van der Waals surface area contributed by atoms with Gasteiger partial charge < -0.3 is 4.74 Å². The molecule has 0 radical (unpaired) electrons. The van der Waals surface area contributed by atoms with E-state index in [0.29, 0.717) is 5.75 Å². The lowest BCUT2D eigenvalue weighted by Gasteiger charge is -2.19. The zero-order valence-corrected chi connectivity index (χ0v) is 9.02. The van der Waals surface area contributed by atoms with E-state index >= 15 is 0 Å². The standard InChI is InChI=1S/C10H8N2O3S/c13-9-7-5-16-8(12(7)10(14)15-9)6-2-1-3-11-4-6/h1-4,7-8H,5H2. The van der Waals surface area contributed by atoms with Crippen molar-refractivity contribution in [1.29, 1.82) is 0 Å². The fourth-order valence-electron chi connectivity index (χ4n) is 1.90. The van der Waals surface area contributed by atoms with E-state index in [1.54, 1.807) is 24.2 Å². The van der Waals surface area contributed by atoms with Crippen LogP contribution in [-0.4, -0.2) is 33.7 Å². The van der Waals surface area contributed by atoms with Crippen LogP contribution in [0.25, 0.3) is 0 Å². The van der Waals surface area contributed by atoms with Crippen LogP contribution in [0.1, 0.15) is 10.9 Å². The first kappa shape index (κ1) is 9.65. The summed E-state index contributed by atoms with van der Waals surface area (Å²) in [5, 5.41) is -0.155. The second-order valence-corrected chi connectivity index (χ2v) is 4.70. The maximum atomic E-state index is 11.5. The predicted molar refractivity (Wildman–Crippen MR) is 56.6 cm³/mol. The number of ether oxygens (including phenoxy) is 1. The lowest BCUT2D eigenvalue weighted by Crippen LogP contribution is -2.32. The summed E-state index contributed by atoms with van der Waals surface area (Å²) in [4.78, 5) is 28.3. The van der Waals surface area contributed by atoms with Crippen molar-refractivity contribution in [2.45, 2.75) is 11.4 Å². The second-order valence-electron chi connectivity index (χ2n) is 3.58. The van der Waals surface area contributed by atoms with Crippen molar-refractivity contribution >= 4 is 23.8 Å². The molecule has 6 heteroatoms. The number of fused-ring (bicyclic) bond motifs is 1. The Morgan fingerprint density at radius 2 is 2.38 bits per heavy atom. The molecule has 2 fully saturated rings. The van der Waals surface area contributed by atoms with Crippen molar-refractivity contribution in [2.24, 2.45) is 0 Å². The minimum atomic E-state index is -0.547. The third kappa shape index (κ3) is 1.30. The molecule has 2 unspecified atom stereocenters. The maximum absolute atomic E-state index is 11.5. The fourth-order valence-corrected chi connectivity index (χ4v) is 3.28. The molecule has 1 aromatic rings. The summed E-state index contributed by atoms with van der Waals surface area (Å²) < 4.78 is 4.59. The zero-order valence-electron chi connectivity index (χ0n) is 8.20. The molecule has 2 aliphatic heterocycles. The average molecular weight is 236 g/mol. The summed E-state index contributed by atoms with van der Waals surface area (Å²) in [5.41, 5.74) is 0.918. The van der Waals surface area contributed by atoms with Crippen molar-refractivity contribution in [3.8, 4) is 0 Å². The van der Waals surface area contributed by atoms with Crippen LogP contribution in [0, 0.1) is 0 Å². The molecule has 2 aliphatic rings. The molecule has 1 amide bonds. The summed E-state index contributed by atoms with van der Waals surface area (Å²) in [7, 11) is 0. The van der Waals surface area contributed by atoms with Gasteiger partial charge in [-0.2, -0.15) is 0 Å². The highest BCUT2D eigenvalue weighted by molar-refractivity contribution is 7.99. The molecule has 0 bridgehead atoms. The number of hydrogen-bond acceptors (Lipinski definition) is 5. The number of amides is 1. The quantitative estimate of drug-likeness (QED) is 0.541. The summed E-state index contributed by atoms with van der Waals surface area (Å²) in [6.07, 6.45) is 2.83. The van der Waals surface area contributed by atoms with Gasteiger partial charge in [-0.15, -0.1) is 11.8 Å². The molecular weight excluding hydrogens is 228 g/mol. The molecule has 2 atom stereocenters. The topological polar surface area (TPSA) is 59.5 Å². The van der Waals surface area contributed by atoms with Gasteiger partial charge in [-0.3, -0.25) is 9.88 Å². The van der Waals surface area contributed by atoms with Gasteiger partial charge in [0.1, 0.15) is 11.4 Å². The van der Waals surface area contributed by atoms with Crippen LogP contribution < -0.4 is 0 Å². The summed E-state index contributed by atoms with van der Waals surface area (Å²) in [6.45, 7) is 0. The third-order valence-corrected chi connectivity index (χ3v) is 3.96. The maximum Gasteiger partial charge on any atom is 0.419 e. The fraction of sp³-hybridized carbons (Fsp3) is 0.300. The van der Waals surface area contributed by atoms with Crippen LogP contribution in [0.4, 0.5) is 4.79 Å². The van der Waals surface area contributed by atoms with Crippen molar-refractivity contribution in [2.75, 3.05) is 5.75 Å². The molecule has 0 aliphatic carbocycles. The van der Waals surface area contributed by atoms with Gasteiger partial charge in [0.2, 0.25) is 0 Å². The van der Waals surface area contributed by atoms with E-state index in [-0.39, 0.29) is 5.37 Å². The van der Waals surface area contributed by atoms with Gasteiger partial charge in [-0.05, 0) is 6.07 Å². The third-order valence-electron chi connectivity index (χ3n) is 2.64. The average Bonchev–Trinajstić information content (AvgIpc) is 2.84. The Morgan fingerprint density at radius 1 is 1.50 bits per heavy atom. The Hall–Kier alpha value is -1.56. The predicted octanol–water partition coefficient (Wildman–Crippen LogP) is 1.17. The monoisotopic (exact) mass is 236 g/mol. The number of aromatic nitrogens is 1. The first-order chi connectivity index (χ1) is 7.77. The van der Waals surface area contributed by atoms with Crippen LogP contribution in [0.15, 0.2) is 24.5 Å². The van der Waals surface area contributed by atoms with E-state index in [1.807, 2.05) is 12.1 Å². The lowest BCUT2D eigenvalue weighted by molar-refractivity contribution is -0.135. The number of pyridine rings is 1. The van der Waals surface area contributed by atoms with Crippen molar-refractivity contribution in [1.82, 2.24) is 9.88 Å². The number of nitrogens with zero attached hydrogens (tertiary/aromatic N) is 2. The Labute approximate surface area is 95.8 Å². The molecule has 0 spiro atoms. The molecule has 0 aromatic carbocycles. The Morgan fingerprint density at radius 3 is 3.12 bits per heavy atom. The van der Waals surface area contributed by atoms with E-state index in [1.165, 1.54) is 4.90 Å². The van der Waals surface area contributed by atoms with Crippen LogP contribution >= 0.6 is 11.8 Å². The van der Waals surface area contributed by atoms with Crippen molar-refractivity contribution in [3.63, 3.8) is 0 Å². The zero-order chi connectivity index (χ0) is 11.1. The Bertz CT molecular complexity index is 451. The highest BCUT2D eigenvalue weighted by Gasteiger charge is 2.50. The van der Waals surface area contributed by atoms with Crippen molar-refractivity contribution in [3.05, 3.63) is 30.1 Å². The van der Waals surface area contributed by atoms with Crippen LogP contribution in [0.5, 0.6) is 0 Å². The number of carbonyl (C=O) groups excluding carboxylic acids is 2. The molecule has 1 aromatic heterocycles. The lowest BCUT2D eigenvalue weighted by atomic mass is 10.2. The summed E-state index contributed by atoms with van der Waals surface area (Å²) >= 11 is 1.56. The van der Waals surface area contributed by atoms with Crippen molar-refractivity contribution < 1.29 is 14.3 Å². The SMILES string of the molecule is O=C1OC(=O)N2C1CSC2c1cccnc1. The number of hydrogen-bond donors (Lipinski definition) is 0. The Kier molecular flexibility index (Phi) is 2.10. The number of cyclic esters (lactones) is 2. The normalized spacial score (nSPS) is 28.1. The van der Waals surface area contributed by atoms with Gasteiger partial charge in [0.05, 0.1) is 0 Å². The molecule has 3 heterocycles. The van der Waals surface area contributed by atoms with E-state index in [9.17, 15) is 9.59 Å². The highest BCUT2D eigenvalue weighted by atomic mass is 32.2. The number of thioether (sulfide) groups is 1. The summed E-state index contributed by atoms with van der Waals surface area (Å²) in [5.74, 6) is 0.147. The van der Waals surface area contributed by atoms with E-state index < -0.39 is 18.1 Å². The van der Waals surface area contributed by atoms with E-state index in [2.05, 4.69) is 9.72 Å². The first-order valence-electron chi connectivity index (χ1n) is 4.83. The van der Waals surface area contributed by atoms with E-state index in [0.717, 1.165) is 5.56 Å². The molecule has 2 saturated heterocycles. The van der Waals surface area contributed by atoms with Crippen LogP contribution in [-0.2, 0) is 9.53 Å². The number of carbonyl (C=O) groups is 2. The molecule has 5 nitrogen and oxygen atoms in total. The van der Waals surface area contributed by atoms with Gasteiger partial charge in [-0.1, -0.05) is 6.07 Å². The van der Waals surface area contributed by atoms with Crippen LogP contribution in [0.2, 0.25) is 0 Å². The smallest absolute Gasteiger partial charge is 0.374 e. The molecule has 0 saturated carbocycles. The number of rotatable bonds is 1. The minimum absolute atomic E-state index is 0.155. The van der Waals surface area contributed by atoms with Crippen LogP contribution in [0.3, 0.4) is 0 Å². The van der Waals surface area contributed by atoms with Gasteiger partial charge in [-0.25, -0.2) is 9.59 Å². The second kappa shape index (κ2) is 3.48. The Balaban J connectivity index is 1.94. The molecule has 0 N–H and O–H groups in total. The molecule has 82 valence electrons. The molecule has 3 rings (SSSR count). The van der Waals surface area contributed by atoms with Gasteiger partial charge in [0.15, 0.2) is 0 Å². The first-order valence-corrected chi connectivity index (χ1v) is 5.88. The number of esters is 1. The van der Waals surface area contributed by atoms with Gasteiger partial charge >= 0.3 is 12.1 Å². The summed E-state index contributed by atoms with van der Waals surface area (Å²) in [6, 6.07) is 3.28. The minimum Gasteiger partial charge on any atom is -0.374 e.